The maximum Gasteiger partial charge on any atom is 0.490 e. The van der Waals surface area contributed by atoms with Crippen molar-refractivity contribution in [2.24, 2.45) is 0 Å². The van der Waals surface area contributed by atoms with Gasteiger partial charge in [0, 0.05) is 11.2 Å². The number of nitrogens with one attached hydrogen (secondary N) is 1. The molecule has 6 heteroatoms. The van der Waals surface area contributed by atoms with Crippen molar-refractivity contribution in [3.63, 3.8) is 0 Å². The summed E-state index contributed by atoms with van der Waals surface area (Å²) in [5, 5.41) is 20.7. The summed E-state index contributed by atoms with van der Waals surface area (Å²) in [6.07, 6.45) is 0. The Hall–Kier alpha value is -0.845. The molecule has 1 rings (SSSR count). The maximum atomic E-state index is 11.0. The maximum absolute atomic E-state index is 11.0. The minimum atomic E-state index is -1.58. The predicted octanol–water partition coefficient (Wildman–Crippen LogP) is -0.300. The summed E-state index contributed by atoms with van der Waals surface area (Å²) in [5.41, 5.74) is 0.689. The number of para-hydroxylation sites is 1. The summed E-state index contributed by atoms with van der Waals surface area (Å²) in [7, 11) is -1.58. The SMILES string of the molecule is O=C(CBr)Nc1ccccc1B(O)O. The van der Waals surface area contributed by atoms with Crippen LogP contribution in [-0.2, 0) is 4.79 Å². The number of amides is 1. The number of anilines is 1. The number of rotatable bonds is 3. The highest BCUT2D eigenvalue weighted by Gasteiger charge is 2.15. The molecule has 14 heavy (non-hydrogen) atoms. The fraction of sp³-hybridized carbons (Fsp3) is 0.125. The van der Waals surface area contributed by atoms with Crippen LogP contribution in [-0.4, -0.2) is 28.4 Å². The number of hydrogen-bond acceptors (Lipinski definition) is 3. The van der Waals surface area contributed by atoms with Crippen molar-refractivity contribution in [2.75, 3.05) is 10.6 Å². The lowest BCUT2D eigenvalue weighted by molar-refractivity contribution is -0.113. The Morgan fingerprint density at radius 3 is 2.64 bits per heavy atom. The van der Waals surface area contributed by atoms with Crippen LogP contribution in [0.3, 0.4) is 0 Å². The summed E-state index contributed by atoms with van der Waals surface area (Å²) in [5.74, 6) is -0.238. The number of hydrogen-bond donors (Lipinski definition) is 3. The Bertz CT molecular complexity index is 332. The van der Waals surface area contributed by atoms with Crippen molar-refractivity contribution in [3.8, 4) is 0 Å². The first-order valence-electron chi connectivity index (χ1n) is 3.96. The molecular weight excluding hydrogens is 249 g/mol. The molecule has 0 fully saturated rings. The second kappa shape index (κ2) is 5.14. The fourth-order valence-electron chi connectivity index (χ4n) is 1.02. The van der Waals surface area contributed by atoms with E-state index in [4.69, 9.17) is 10.0 Å². The number of halogens is 1. The van der Waals surface area contributed by atoms with E-state index in [1.807, 2.05) is 0 Å². The van der Waals surface area contributed by atoms with Crippen molar-refractivity contribution in [1.82, 2.24) is 0 Å². The van der Waals surface area contributed by atoms with Crippen molar-refractivity contribution < 1.29 is 14.8 Å². The van der Waals surface area contributed by atoms with Gasteiger partial charge >= 0.3 is 7.12 Å². The van der Waals surface area contributed by atoms with E-state index in [1.165, 1.54) is 6.07 Å². The quantitative estimate of drug-likeness (QED) is 0.515. The molecule has 1 aromatic rings. The molecule has 0 unspecified atom stereocenters. The highest BCUT2D eigenvalue weighted by Crippen LogP contribution is 2.03. The molecule has 3 N–H and O–H groups in total. The van der Waals surface area contributed by atoms with E-state index in [0.717, 1.165) is 0 Å². The van der Waals surface area contributed by atoms with Crippen molar-refractivity contribution in [2.45, 2.75) is 0 Å². The van der Waals surface area contributed by atoms with E-state index >= 15 is 0 Å². The molecule has 0 saturated heterocycles. The molecule has 0 bridgehead atoms. The van der Waals surface area contributed by atoms with Gasteiger partial charge in [-0.15, -0.1) is 0 Å². The highest BCUT2D eigenvalue weighted by atomic mass is 79.9. The topological polar surface area (TPSA) is 69.6 Å². The van der Waals surface area contributed by atoms with Gasteiger partial charge in [-0.1, -0.05) is 34.1 Å². The Kier molecular flexibility index (Phi) is 4.12. The number of carbonyl (C=O) groups excluding carboxylic acids is 1. The zero-order valence-corrected chi connectivity index (χ0v) is 8.86. The Morgan fingerprint density at radius 2 is 2.07 bits per heavy atom. The van der Waals surface area contributed by atoms with Gasteiger partial charge in [0.05, 0.1) is 5.33 Å². The van der Waals surface area contributed by atoms with Gasteiger partial charge < -0.3 is 15.4 Å². The molecule has 0 radical (unpaired) electrons. The van der Waals surface area contributed by atoms with Gasteiger partial charge in [0.2, 0.25) is 5.91 Å². The van der Waals surface area contributed by atoms with Crippen LogP contribution in [0.2, 0.25) is 0 Å². The van der Waals surface area contributed by atoms with Gasteiger partial charge in [0.25, 0.3) is 0 Å². The van der Waals surface area contributed by atoms with E-state index in [9.17, 15) is 4.79 Å². The van der Waals surface area contributed by atoms with Crippen LogP contribution in [0.5, 0.6) is 0 Å². The normalized spacial score (nSPS) is 9.64. The molecule has 74 valence electrons. The Morgan fingerprint density at radius 1 is 1.43 bits per heavy atom. The zero-order chi connectivity index (χ0) is 10.6. The van der Waals surface area contributed by atoms with Crippen LogP contribution in [0.15, 0.2) is 24.3 Å². The smallest absolute Gasteiger partial charge is 0.423 e. The number of alkyl halides is 1. The third-order valence-corrected chi connectivity index (χ3v) is 2.14. The molecule has 0 saturated carbocycles. The molecule has 0 atom stereocenters. The highest BCUT2D eigenvalue weighted by molar-refractivity contribution is 9.09. The second-order valence-electron chi connectivity index (χ2n) is 2.64. The predicted molar refractivity (Wildman–Crippen MR) is 58.7 cm³/mol. The first kappa shape index (κ1) is 11.2. The lowest BCUT2D eigenvalue weighted by Gasteiger charge is -2.08. The number of carbonyl (C=O) groups is 1. The fourth-order valence-corrected chi connectivity index (χ4v) is 1.16. The molecule has 1 amide bonds. The average molecular weight is 258 g/mol. The van der Waals surface area contributed by atoms with Crippen molar-refractivity contribution in [1.29, 1.82) is 0 Å². The summed E-state index contributed by atoms with van der Waals surface area (Å²) in [6.45, 7) is 0. The van der Waals surface area contributed by atoms with E-state index in [0.29, 0.717) is 5.69 Å². The third kappa shape index (κ3) is 2.83. The first-order chi connectivity index (χ1) is 6.65. The van der Waals surface area contributed by atoms with Gasteiger partial charge in [-0.2, -0.15) is 0 Å². The van der Waals surface area contributed by atoms with Crippen LogP contribution in [0.4, 0.5) is 5.69 Å². The van der Waals surface area contributed by atoms with Gasteiger partial charge in [0.15, 0.2) is 0 Å². The molecule has 1 aromatic carbocycles. The van der Waals surface area contributed by atoms with Crippen LogP contribution in [0, 0.1) is 0 Å². The summed E-state index contributed by atoms with van der Waals surface area (Å²) < 4.78 is 0. The van der Waals surface area contributed by atoms with Crippen molar-refractivity contribution in [3.05, 3.63) is 24.3 Å². The van der Waals surface area contributed by atoms with Gasteiger partial charge in [-0.05, 0) is 6.07 Å². The lowest BCUT2D eigenvalue weighted by atomic mass is 9.79. The largest absolute Gasteiger partial charge is 0.490 e. The van der Waals surface area contributed by atoms with Crippen LogP contribution in [0.25, 0.3) is 0 Å². The molecule has 0 aromatic heterocycles. The van der Waals surface area contributed by atoms with Crippen LogP contribution in [0.1, 0.15) is 0 Å². The standard InChI is InChI=1S/C8H9BBrNO3/c10-5-8(12)11-7-4-2-1-3-6(7)9(13)14/h1-4,13-14H,5H2,(H,11,12). The molecule has 0 aliphatic heterocycles. The van der Waals surface area contributed by atoms with Gasteiger partial charge in [-0.3, -0.25) is 4.79 Å². The first-order valence-corrected chi connectivity index (χ1v) is 5.08. The van der Waals surface area contributed by atoms with Gasteiger partial charge in [-0.25, -0.2) is 0 Å². The van der Waals surface area contributed by atoms with E-state index in [2.05, 4.69) is 21.2 Å². The molecule has 0 spiro atoms. The van der Waals surface area contributed by atoms with Crippen molar-refractivity contribution >= 4 is 40.1 Å². The van der Waals surface area contributed by atoms with E-state index in [-0.39, 0.29) is 16.7 Å². The lowest BCUT2D eigenvalue weighted by Crippen LogP contribution is -2.33. The van der Waals surface area contributed by atoms with Crippen LogP contribution < -0.4 is 10.8 Å². The zero-order valence-electron chi connectivity index (χ0n) is 7.27. The summed E-state index contributed by atoms with van der Waals surface area (Å²) in [4.78, 5) is 11.0. The van der Waals surface area contributed by atoms with E-state index < -0.39 is 7.12 Å². The molecule has 0 aliphatic rings. The monoisotopic (exact) mass is 257 g/mol. The molecule has 4 nitrogen and oxygen atoms in total. The average Bonchev–Trinajstić information content (AvgIpc) is 2.18. The van der Waals surface area contributed by atoms with Crippen LogP contribution >= 0.6 is 15.9 Å². The molecule has 0 heterocycles. The Labute approximate surface area is 90.2 Å². The summed E-state index contributed by atoms with van der Waals surface area (Å²) >= 11 is 3.00. The minimum absolute atomic E-state index is 0.170. The minimum Gasteiger partial charge on any atom is -0.423 e. The third-order valence-electron chi connectivity index (χ3n) is 1.63. The van der Waals surface area contributed by atoms with Gasteiger partial charge in [0.1, 0.15) is 0 Å². The summed E-state index contributed by atoms with van der Waals surface area (Å²) in [6, 6.07) is 6.51. The second-order valence-corrected chi connectivity index (χ2v) is 3.20. The Balaban J connectivity index is 2.90. The molecule has 0 aliphatic carbocycles. The van der Waals surface area contributed by atoms with E-state index in [1.54, 1.807) is 18.2 Å². The molecular formula is C8H9BBrNO3. The number of benzene rings is 1.